The fraction of sp³-hybridized carbons (Fsp3) is 0.333. The summed E-state index contributed by atoms with van der Waals surface area (Å²) in [6, 6.07) is 8.18. The van der Waals surface area contributed by atoms with Gasteiger partial charge in [-0.1, -0.05) is 39.0 Å². The largest absolute Gasteiger partial charge is 0.384 e. The molecular formula is C12H15BrN4S2. The number of benzene rings is 1. The van der Waals surface area contributed by atoms with Gasteiger partial charge in [-0.15, -0.1) is 10.2 Å². The molecule has 7 heteroatoms. The number of nitrogens with one attached hydrogen (secondary N) is 1. The van der Waals surface area contributed by atoms with Gasteiger partial charge in [0.15, 0.2) is 4.34 Å². The van der Waals surface area contributed by atoms with E-state index in [1.165, 1.54) is 0 Å². The molecule has 1 aromatic heterocycles. The van der Waals surface area contributed by atoms with Crippen LogP contribution in [0.1, 0.15) is 0 Å². The van der Waals surface area contributed by atoms with Gasteiger partial charge < -0.3 is 10.2 Å². The third-order valence-electron chi connectivity index (χ3n) is 2.28. The van der Waals surface area contributed by atoms with E-state index in [-0.39, 0.29) is 0 Å². The highest BCUT2D eigenvalue weighted by Gasteiger charge is 2.05. The first-order valence-electron chi connectivity index (χ1n) is 5.78. The molecule has 0 amide bonds. The van der Waals surface area contributed by atoms with Gasteiger partial charge in [0.25, 0.3) is 0 Å². The monoisotopic (exact) mass is 358 g/mol. The number of rotatable bonds is 6. The van der Waals surface area contributed by atoms with Gasteiger partial charge in [0, 0.05) is 36.6 Å². The summed E-state index contributed by atoms with van der Waals surface area (Å²) < 4.78 is 2.11. The van der Waals surface area contributed by atoms with Crippen LogP contribution in [0.15, 0.2) is 33.1 Å². The molecule has 102 valence electrons. The molecule has 0 aliphatic rings. The Balaban J connectivity index is 1.72. The molecule has 0 fully saturated rings. The van der Waals surface area contributed by atoms with E-state index in [1.807, 2.05) is 31.1 Å². The standard InChI is InChI=1S/C12H15BrN4S2/c1-17(2)11-15-16-12(19-11)18-8-7-14-10-5-3-9(13)4-6-10/h3-6,14H,7-8H2,1-2H3. The molecule has 0 unspecified atom stereocenters. The predicted molar refractivity (Wildman–Crippen MR) is 87.6 cm³/mol. The average Bonchev–Trinajstić information content (AvgIpc) is 2.86. The Morgan fingerprint density at radius 1 is 1.26 bits per heavy atom. The molecule has 1 N–H and O–H groups in total. The highest BCUT2D eigenvalue weighted by atomic mass is 79.9. The lowest BCUT2D eigenvalue weighted by atomic mass is 10.3. The molecule has 2 aromatic rings. The van der Waals surface area contributed by atoms with Crippen molar-refractivity contribution in [2.24, 2.45) is 0 Å². The zero-order valence-corrected chi connectivity index (χ0v) is 14.0. The molecule has 0 bridgehead atoms. The first kappa shape index (κ1) is 14.6. The molecule has 0 aliphatic heterocycles. The van der Waals surface area contributed by atoms with E-state index < -0.39 is 0 Å². The Kier molecular flexibility index (Phi) is 5.47. The van der Waals surface area contributed by atoms with Crippen molar-refractivity contribution in [3.63, 3.8) is 0 Å². The lowest BCUT2D eigenvalue weighted by molar-refractivity contribution is 0.972. The van der Waals surface area contributed by atoms with Crippen LogP contribution < -0.4 is 10.2 Å². The summed E-state index contributed by atoms with van der Waals surface area (Å²) in [7, 11) is 3.95. The van der Waals surface area contributed by atoms with Crippen molar-refractivity contribution in [2.75, 3.05) is 36.6 Å². The minimum absolute atomic E-state index is 0.906. The Morgan fingerprint density at radius 3 is 2.63 bits per heavy atom. The van der Waals surface area contributed by atoms with Crippen molar-refractivity contribution in [3.05, 3.63) is 28.7 Å². The third kappa shape index (κ3) is 4.67. The van der Waals surface area contributed by atoms with Crippen molar-refractivity contribution in [1.82, 2.24) is 10.2 Å². The summed E-state index contributed by atoms with van der Waals surface area (Å²) >= 11 is 6.77. The first-order chi connectivity index (χ1) is 9.15. The number of hydrogen-bond acceptors (Lipinski definition) is 6. The van der Waals surface area contributed by atoms with Crippen LogP contribution in [0.4, 0.5) is 10.8 Å². The second-order valence-corrected chi connectivity index (χ2v) is 7.24. The molecule has 0 radical (unpaired) electrons. The number of halogens is 1. The molecule has 1 heterocycles. The number of anilines is 2. The van der Waals surface area contributed by atoms with Crippen molar-refractivity contribution in [1.29, 1.82) is 0 Å². The van der Waals surface area contributed by atoms with Gasteiger partial charge >= 0.3 is 0 Å². The molecule has 0 saturated heterocycles. The van der Waals surface area contributed by atoms with Crippen LogP contribution in [0.5, 0.6) is 0 Å². The second-order valence-electron chi connectivity index (χ2n) is 4.03. The average molecular weight is 359 g/mol. The zero-order valence-electron chi connectivity index (χ0n) is 10.8. The molecule has 2 rings (SSSR count). The Hall–Kier alpha value is -0.790. The van der Waals surface area contributed by atoms with E-state index in [2.05, 4.69) is 43.6 Å². The van der Waals surface area contributed by atoms with Crippen molar-refractivity contribution < 1.29 is 0 Å². The molecule has 0 spiro atoms. The van der Waals surface area contributed by atoms with Crippen molar-refractivity contribution in [2.45, 2.75) is 4.34 Å². The minimum Gasteiger partial charge on any atom is -0.384 e. The molecule has 19 heavy (non-hydrogen) atoms. The molecule has 1 aromatic carbocycles. The predicted octanol–water partition coefficient (Wildman–Crippen LogP) is 3.57. The SMILES string of the molecule is CN(C)c1nnc(SCCNc2ccc(Br)cc2)s1. The molecule has 0 aliphatic carbocycles. The molecule has 0 saturated carbocycles. The smallest absolute Gasteiger partial charge is 0.208 e. The minimum atomic E-state index is 0.906. The van der Waals surface area contributed by atoms with E-state index in [0.717, 1.165) is 31.9 Å². The van der Waals surface area contributed by atoms with Crippen LogP contribution in [-0.4, -0.2) is 36.6 Å². The maximum atomic E-state index is 4.15. The maximum Gasteiger partial charge on any atom is 0.208 e. The lowest BCUT2D eigenvalue weighted by Crippen LogP contribution is -2.07. The second kappa shape index (κ2) is 7.12. The van der Waals surface area contributed by atoms with Gasteiger partial charge in [0.1, 0.15) is 0 Å². The van der Waals surface area contributed by atoms with Crippen LogP contribution in [0.2, 0.25) is 0 Å². The normalized spacial score (nSPS) is 10.5. The number of thioether (sulfide) groups is 1. The van der Waals surface area contributed by atoms with Gasteiger partial charge in [-0.3, -0.25) is 0 Å². The van der Waals surface area contributed by atoms with Gasteiger partial charge in [-0.2, -0.15) is 0 Å². The summed E-state index contributed by atoms with van der Waals surface area (Å²) in [5.41, 5.74) is 1.13. The number of aromatic nitrogens is 2. The Labute approximate surface area is 129 Å². The fourth-order valence-corrected chi connectivity index (χ4v) is 3.30. The van der Waals surface area contributed by atoms with E-state index in [0.29, 0.717) is 0 Å². The Bertz CT molecular complexity index is 513. The lowest BCUT2D eigenvalue weighted by Gasteiger charge is -2.05. The van der Waals surface area contributed by atoms with Crippen molar-refractivity contribution >= 4 is 49.8 Å². The third-order valence-corrected chi connectivity index (χ3v) is 5.03. The topological polar surface area (TPSA) is 41.1 Å². The maximum absolute atomic E-state index is 4.15. The van der Waals surface area contributed by atoms with Crippen LogP contribution in [0, 0.1) is 0 Å². The van der Waals surface area contributed by atoms with E-state index in [4.69, 9.17) is 0 Å². The summed E-state index contributed by atoms with van der Waals surface area (Å²) in [6.45, 7) is 0.906. The number of hydrogen-bond donors (Lipinski definition) is 1. The van der Waals surface area contributed by atoms with Gasteiger partial charge in [0.2, 0.25) is 5.13 Å². The van der Waals surface area contributed by atoms with Crippen LogP contribution in [0.3, 0.4) is 0 Å². The summed E-state index contributed by atoms with van der Waals surface area (Å²) in [6.07, 6.45) is 0. The van der Waals surface area contributed by atoms with Crippen molar-refractivity contribution in [3.8, 4) is 0 Å². The van der Waals surface area contributed by atoms with Crippen LogP contribution in [0.25, 0.3) is 0 Å². The first-order valence-corrected chi connectivity index (χ1v) is 8.38. The van der Waals surface area contributed by atoms with Crippen LogP contribution in [-0.2, 0) is 0 Å². The van der Waals surface area contributed by atoms with E-state index in [1.54, 1.807) is 23.1 Å². The van der Waals surface area contributed by atoms with Gasteiger partial charge in [-0.25, -0.2) is 0 Å². The molecular weight excluding hydrogens is 344 g/mol. The van der Waals surface area contributed by atoms with Gasteiger partial charge in [-0.05, 0) is 24.3 Å². The molecule has 4 nitrogen and oxygen atoms in total. The Morgan fingerprint density at radius 2 is 2.00 bits per heavy atom. The molecule has 0 atom stereocenters. The van der Waals surface area contributed by atoms with Crippen LogP contribution >= 0.6 is 39.0 Å². The highest BCUT2D eigenvalue weighted by Crippen LogP contribution is 2.26. The van der Waals surface area contributed by atoms with E-state index in [9.17, 15) is 0 Å². The zero-order chi connectivity index (χ0) is 13.7. The van der Waals surface area contributed by atoms with Gasteiger partial charge in [0.05, 0.1) is 0 Å². The number of nitrogens with zero attached hydrogens (tertiary/aromatic N) is 3. The highest BCUT2D eigenvalue weighted by molar-refractivity contribution is 9.10. The quantitative estimate of drug-likeness (QED) is 0.631. The summed E-state index contributed by atoms with van der Waals surface area (Å²) in [4.78, 5) is 1.97. The fourth-order valence-electron chi connectivity index (χ4n) is 1.34. The summed E-state index contributed by atoms with van der Waals surface area (Å²) in [5.74, 6) is 0.970. The van der Waals surface area contributed by atoms with E-state index >= 15 is 0 Å². The summed E-state index contributed by atoms with van der Waals surface area (Å²) in [5, 5.41) is 12.6.